The molecule has 0 radical (unpaired) electrons. The maximum Gasteiger partial charge on any atom is 0.311 e. The summed E-state index contributed by atoms with van der Waals surface area (Å²) in [7, 11) is 0. The van der Waals surface area contributed by atoms with Gasteiger partial charge in [0.2, 0.25) is 0 Å². The molecule has 8 aromatic rings. The van der Waals surface area contributed by atoms with Gasteiger partial charge in [-0.3, -0.25) is 0 Å². The summed E-state index contributed by atoms with van der Waals surface area (Å²) in [5.41, 5.74) is -17.2. The van der Waals surface area contributed by atoms with Crippen molar-refractivity contribution < 1.29 is 141 Å². The van der Waals surface area contributed by atoms with Crippen molar-refractivity contribution >= 4 is 56.7 Å². The van der Waals surface area contributed by atoms with Gasteiger partial charge in [0.15, 0.2) is 105 Å². The van der Waals surface area contributed by atoms with Gasteiger partial charge in [0.05, 0.1) is 11.4 Å². The van der Waals surface area contributed by atoms with E-state index in [1.807, 2.05) is 0 Å². The third-order valence-corrected chi connectivity index (χ3v) is 14.5. The molecule has 0 aliphatic heterocycles. The summed E-state index contributed by atoms with van der Waals surface area (Å²) in [5.74, 6) is -90.7. The lowest BCUT2D eigenvalue weighted by Crippen LogP contribution is -3.28. The molecule has 0 aromatic heterocycles. The average molecular weight is 1290 g/mol. The molecule has 0 saturated carbocycles. The Morgan fingerprint density at radius 1 is 0.193 bits per heavy atom. The monoisotopic (exact) mass is 1290 g/mol. The lowest BCUT2D eigenvalue weighted by molar-refractivity contribution is -0.745. The first-order chi connectivity index (χ1) is 40.9. The molecule has 0 amide bonds. The fourth-order valence-electron chi connectivity index (χ4n) is 11.2. The first-order valence-electron chi connectivity index (χ1n) is 24.2. The fraction of sp³-hybridized carbons (Fsp3) is 0.111. The molecule has 0 aliphatic rings. The third kappa shape index (κ3) is 9.83. The molecule has 0 spiro atoms. The molecule has 88 heavy (non-hydrogen) atoms. The molecule has 2 unspecified atom stereocenters. The van der Waals surface area contributed by atoms with Gasteiger partial charge in [0.25, 0.3) is 0 Å². The lowest BCUT2D eigenvalue weighted by Gasteiger charge is -2.50. The van der Waals surface area contributed by atoms with E-state index in [2.05, 4.69) is 0 Å². The van der Waals surface area contributed by atoms with Crippen molar-refractivity contribution in [1.82, 2.24) is 0 Å². The minimum Gasteiger partial charge on any atom is -0.478 e. The van der Waals surface area contributed by atoms with E-state index in [1.54, 1.807) is 0 Å². The highest BCUT2D eigenvalue weighted by Crippen LogP contribution is 2.31. The first kappa shape index (κ1) is 67.2. The van der Waals surface area contributed by atoms with Crippen LogP contribution in [-0.4, -0.2) is 24.6 Å². The zero-order valence-electron chi connectivity index (χ0n) is 43.4. The van der Waals surface area contributed by atoms with E-state index in [-0.39, 0.29) is 0 Å². The summed E-state index contributed by atoms with van der Waals surface area (Å²) >= 11 is 0. The molecule has 8 aromatic carbocycles. The Balaban J connectivity index is 0.000000251. The quantitative estimate of drug-likeness (QED) is 0.0522. The normalized spacial score (nSPS) is 12.8. The highest BCUT2D eigenvalue weighted by atomic mass is 19.2. The largest absolute Gasteiger partial charge is 0.478 e. The van der Waals surface area contributed by atoms with Crippen LogP contribution in [0, 0.1) is 175 Å². The van der Waals surface area contributed by atoms with Crippen LogP contribution in [0.4, 0.5) is 143 Å². The number of rotatable bonds is 12. The lowest BCUT2D eigenvalue weighted by atomic mass is 9.22. The molecule has 468 valence electrons. The van der Waals surface area contributed by atoms with Gasteiger partial charge in [-0.1, -0.05) is 69.2 Å². The molecule has 0 heterocycles. The number of benzene rings is 8. The van der Waals surface area contributed by atoms with Crippen molar-refractivity contribution in [2.24, 2.45) is 0 Å². The second-order valence-electron chi connectivity index (χ2n) is 19.6. The number of quaternary nitrogens is 2. The van der Waals surface area contributed by atoms with Crippen LogP contribution < -0.4 is 42.4 Å². The molecule has 2 atom stereocenters. The fourth-order valence-corrected chi connectivity index (χ4v) is 11.2. The van der Waals surface area contributed by atoms with E-state index >= 15 is 52.7 Å². The van der Waals surface area contributed by atoms with Gasteiger partial charge < -0.3 is 9.62 Å². The Labute approximate surface area is 472 Å². The number of halogens is 30. The maximum absolute atomic E-state index is 15.8. The molecule has 0 fully saturated rings. The Kier molecular flexibility index (Phi) is 18.6. The van der Waals surface area contributed by atoms with Crippen LogP contribution in [0.3, 0.4) is 0 Å². The van der Waals surface area contributed by atoms with Gasteiger partial charge in [0.1, 0.15) is 69.8 Å². The van der Waals surface area contributed by atoms with Crippen molar-refractivity contribution in [2.75, 3.05) is 0 Å². The summed E-state index contributed by atoms with van der Waals surface area (Å²) in [4.78, 5) is -2.50. The van der Waals surface area contributed by atoms with Crippen molar-refractivity contribution in [1.29, 1.82) is 0 Å². The van der Waals surface area contributed by atoms with Crippen LogP contribution in [0.2, 0.25) is 0 Å². The molecular weight excluding hydrogens is 1270 g/mol. The Morgan fingerprint density at radius 3 is 0.420 bits per heavy atom. The summed E-state index contributed by atoms with van der Waals surface area (Å²) in [6.45, 7) is 3.68. The van der Waals surface area contributed by atoms with Crippen molar-refractivity contribution in [3.8, 4) is 0 Å². The second-order valence-corrected chi connectivity index (χ2v) is 19.6. The van der Waals surface area contributed by atoms with Crippen LogP contribution in [0.1, 0.15) is 27.7 Å². The van der Waals surface area contributed by atoms with Gasteiger partial charge in [0, 0.05) is 12.1 Å². The average Bonchev–Trinajstić information content (AvgIpc) is 0.708. The molecule has 2 N–H and O–H groups in total. The van der Waals surface area contributed by atoms with Gasteiger partial charge in [-0.25, -0.2) is 132 Å². The molecule has 2 nitrogen and oxygen atoms in total. The van der Waals surface area contributed by atoms with Crippen LogP contribution in [0.15, 0.2) is 60.7 Å². The van der Waals surface area contributed by atoms with Crippen molar-refractivity contribution in [3.63, 3.8) is 0 Å². The Morgan fingerprint density at radius 2 is 0.307 bits per heavy atom. The highest BCUT2D eigenvalue weighted by molar-refractivity contribution is 7.07. The summed E-state index contributed by atoms with van der Waals surface area (Å²) < 4.78 is 451. The van der Waals surface area contributed by atoms with Crippen molar-refractivity contribution in [3.05, 3.63) is 235 Å². The standard InChI is InChI=1S/2C27H13BF15N/c2*1-8(2)44(9-6-4-3-5-7-9)28(10-13(29)19(35)25(41)20(36)14(10)30,11-15(31)21(37)26(42)22(38)16(11)32)12-17(33)23(39)27(43)24(40)18(12)34/h2*3-8,44H,1-2H3. The minimum absolute atomic E-state index is 0.653. The zero-order chi connectivity index (χ0) is 66.3. The third-order valence-electron chi connectivity index (χ3n) is 14.5. The second kappa shape index (κ2) is 24.4. The zero-order valence-corrected chi connectivity index (χ0v) is 43.4. The molecule has 0 aliphatic carbocycles. The molecule has 0 saturated heterocycles. The van der Waals surface area contributed by atoms with E-state index in [0.29, 0.717) is 0 Å². The predicted octanol–water partition coefficient (Wildman–Crippen LogP) is 10.7. The van der Waals surface area contributed by atoms with Crippen LogP contribution in [-0.2, 0) is 0 Å². The number of hydrogen-bond donors (Lipinski definition) is 2. The summed E-state index contributed by atoms with van der Waals surface area (Å²) in [6.07, 6.45) is -11.6. The van der Waals surface area contributed by atoms with Crippen LogP contribution in [0.25, 0.3) is 0 Å². The minimum atomic E-state index is -5.80. The van der Waals surface area contributed by atoms with Gasteiger partial charge in [-0.15, -0.1) is 0 Å². The number of hydrogen-bond acceptors (Lipinski definition) is 0. The Hall–Kier alpha value is -8.29. The molecule has 0 bridgehead atoms. The summed E-state index contributed by atoms with van der Waals surface area (Å²) in [5, 5.41) is 0. The molecule has 8 rings (SSSR count). The SMILES string of the molecule is CC(C)[NH+](c1ccccc1)[B-](c1c(F)c(F)c(F)c(F)c1F)(c1c(F)c(F)c(F)c(F)c1F)c1c(F)c(F)c(F)c(F)c1F.CC(C)[NH+](c1ccccc1)[B-](c1c(F)c(F)c(F)c(F)c1F)(c1c(F)c(F)c(F)c(F)c1F)c1c(F)c(F)c(F)c(F)c1F. The van der Waals surface area contributed by atoms with E-state index in [4.69, 9.17) is 0 Å². The topological polar surface area (TPSA) is 8.88 Å². The van der Waals surface area contributed by atoms with E-state index < -0.39 is 253 Å². The van der Waals surface area contributed by atoms with Gasteiger partial charge in [-0.2, -0.15) is 0 Å². The van der Waals surface area contributed by atoms with Crippen LogP contribution >= 0.6 is 0 Å². The summed E-state index contributed by atoms with van der Waals surface area (Å²) in [6, 6.07) is 6.66. The predicted molar refractivity (Wildman–Crippen MR) is 251 cm³/mol. The van der Waals surface area contributed by atoms with E-state index in [1.165, 1.54) is 12.1 Å². The van der Waals surface area contributed by atoms with Crippen molar-refractivity contribution in [2.45, 2.75) is 39.8 Å². The molecule has 34 heteroatoms. The smallest absolute Gasteiger partial charge is 0.311 e. The molecular formula is C54H26B2F30N2. The maximum atomic E-state index is 15.8. The Bertz CT molecular complexity index is 3370. The van der Waals surface area contributed by atoms with Gasteiger partial charge >= 0.3 is 12.6 Å². The first-order valence-corrected chi connectivity index (χ1v) is 24.2. The van der Waals surface area contributed by atoms with E-state index in [9.17, 15) is 79.0 Å². The van der Waals surface area contributed by atoms with Gasteiger partial charge in [-0.05, 0) is 52.0 Å². The number of nitrogens with one attached hydrogen (secondary N) is 2. The van der Waals surface area contributed by atoms with E-state index in [0.717, 1.165) is 76.2 Å². The highest BCUT2D eigenvalue weighted by Gasteiger charge is 2.60. The number of para-hydroxylation sites is 2. The van der Waals surface area contributed by atoms with Crippen LogP contribution in [0.5, 0.6) is 0 Å².